The van der Waals surface area contributed by atoms with E-state index in [2.05, 4.69) is 35.5 Å². The highest BCUT2D eigenvalue weighted by Crippen LogP contribution is 2.47. The second-order valence-corrected chi connectivity index (χ2v) is 7.94. The van der Waals surface area contributed by atoms with Gasteiger partial charge in [-0.15, -0.1) is 11.3 Å². The van der Waals surface area contributed by atoms with E-state index in [-0.39, 0.29) is 0 Å². The fourth-order valence-electron chi connectivity index (χ4n) is 4.51. The van der Waals surface area contributed by atoms with Crippen molar-refractivity contribution < 1.29 is 0 Å². The van der Waals surface area contributed by atoms with Crippen molar-refractivity contribution in [2.75, 3.05) is 19.6 Å². The Balaban J connectivity index is 1.93. The quantitative estimate of drug-likeness (QED) is 0.832. The monoisotopic (exact) mass is 306 g/mol. The first kappa shape index (κ1) is 15.5. The Labute approximate surface area is 133 Å². The van der Waals surface area contributed by atoms with Crippen molar-refractivity contribution in [2.45, 2.75) is 70.4 Å². The molecule has 1 unspecified atom stereocenters. The molecular formula is C18H30N2S. The number of thiophene rings is 1. The van der Waals surface area contributed by atoms with E-state index in [0.717, 1.165) is 6.54 Å². The molecule has 0 spiro atoms. The molecule has 2 heterocycles. The molecule has 1 aromatic heterocycles. The topological polar surface area (TPSA) is 15.3 Å². The van der Waals surface area contributed by atoms with Crippen LogP contribution in [0.3, 0.4) is 0 Å². The van der Waals surface area contributed by atoms with Crippen LogP contribution in [0.1, 0.15) is 68.4 Å². The number of nitrogens with one attached hydrogen (secondary N) is 1. The van der Waals surface area contributed by atoms with Gasteiger partial charge < -0.3 is 5.32 Å². The van der Waals surface area contributed by atoms with Gasteiger partial charge in [0.15, 0.2) is 0 Å². The highest BCUT2D eigenvalue weighted by Gasteiger charge is 2.47. The summed E-state index contributed by atoms with van der Waals surface area (Å²) in [4.78, 5) is 4.35. The lowest BCUT2D eigenvalue weighted by molar-refractivity contribution is 0.0763. The van der Waals surface area contributed by atoms with Crippen molar-refractivity contribution in [3.8, 4) is 0 Å². The molecule has 1 saturated heterocycles. The van der Waals surface area contributed by atoms with E-state index in [1.165, 1.54) is 62.9 Å². The summed E-state index contributed by atoms with van der Waals surface area (Å²) in [6, 6.07) is 2.91. The molecule has 2 aliphatic rings. The number of nitrogens with zero attached hydrogens (tertiary/aromatic N) is 1. The molecular weight excluding hydrogens is 276 g/mol. The van der Waals surface area contributed by atoms with Crippen LogP contribution in [0.15, 0.2) is 11.4 Å². The largest absolute Gasteiger partial charge is 0.308 e. The second-order valence-electron chi connectivity index (χ2n) is 6.82. The Hall–Kier alpha value is -0.380. The normalized spacial score (nSPS) is 23.7. The third-order valence-corrected chi connectivity index (χ3v) is 6.41. The lowest BCUT2D eigenvalue weighted by atomic mass is 9.82. The first-order valence-electron chi connectivity index (χ1n) is 8.80. The van der Waals surface area contributed by atoms with Crippen LogP contribution < -0.4 is 5.32 Å². The molecule has 0 amide bonds. The molecule has 1 atom stereocenters. The van der Waals surface area contributed by atoms with Gasteiger partial charge in [0.05, 0.1) is 6.04 Å². The molecule has 1 aliphatic carbocycles. The number of aryl methyl sites for hydroxylation is 1. The SMILES string of the molecule is CCCNC(c1ccsc1C)C1(N2CCCC2)CCCC1. The summed E-state index contributed by atoms with van der Waals surface area (Å²) in [5, 5.41) is 6.21. The fraction of sp³-hybridized carbons (Fsp3) is 0.778. The van der Waals surface area contributed by atoms with Crippen LogP contribution in [0.25, 0.3) is 0 Å². The molecule has 2 nitrogen and oxygen atoms in total. The average molecular weight is 307 g/mol. The first-order valence-corrected chi connectivity index (χ1v) is 9.68. The van der Waals surface area contributed by atoms with E-state index in [1.54, 1.807) is 5.56 Å². The minimum absolute atomic E-state index is 0.386. The fourth-order valence-corrected chi connectivity index (χ4v) is 5.25. The standard InChI is InChI=1S/C18H30N2S/c1-3-11-19-17(16-8-14-21-15(16)2)18(9-4-5-10-18)20-12-6-7-13-20/h8,14,17,19H,3-7,9-13H2,1-2H3. The predicted molar refractivity (Wildman–Crippen MR) is 92.1 cm³/mol. The molecule has 0 aromatic carbocycles. The third-order valence-electron chi connectivity index (χ3n) is 5.55. The molecule has 1 aliphatic heterocycles. The molecule has 1 saturated carbocycles. The number of hydrogen-bond donors (Lipinski definition) is 1. The van der Waals surface area contributed by atoms with E-state index in [1.807, 2.05) is 11.3 Å². The van der Waals surface area contributed by atoms with Crippen molar-refractivity contribution in [2.24, 2.45) is 0 Å². The van der Waals surface area contributed by atoms with Crippen LogP contribution in [0.5, 0.6) is 0 Å². The number of likely N-dealkylation sites (tertiary alicyclic amines) is 1. The van der Waals surface area contributed by atoms with Crippen molar-refractivity contribution in [3.63, 3.8) is 0 Å². The Morgan fingerprint density at radius 1 is 1.24 bits per heavy atom. The van der Waals surface area contributed by atoms with Gasteiger partial charge >= 0.3 is 0 Å². The van der Waals surface area contributed by atoms with Gasteiger partial charge in [-0.2, -0.15) is 0 Å². The van der Waals surface area contributed by atoms with E-state index in [0.29, 0.717) is 11.6 Å². The van der Waals surface area contributed by atoms with Crippen LogP contribution in [-0.4, -0.2) is 30.1 Å². The van der Waals surface area contributed by atoms with Crippen LogP contribution in [0.2, 0.25) is 0 Å². The molecule has 118 valence electrons. The Morgan fingerprint density at radius 3 is 2.52 bits per heavy atom. The summed E-state index contributed by atoms with van der Waals surface area (Å²) in [5.41, 5.74) is 1.96. The van der Waals surface area contributed by atoms with E-state index in [9.17, 15) is 0 Å². The Bertz CT molecular complexity index is 442. The molecule has 0 bridgehead atoms. The highest BCUT2D eigenvalue weighted by atomic mass is 32.1. The predicted octanol–water partition coefficient (Wildman–Crippen LogP) is 4.51. The van der Waals surface area contributed by atoms with Crippen molar-refractivity contribution >= 4 is 11.3 Å². The molecule has 0 radical (unpaired) electrons. The summed E-state index contributed by atoms with van der Waals surface area (Å²) in [7, 11) is 0. The number of rotatable bonds is 6. The Kier molecular flexibility index (Phi) is 5.03. The zero-order valence-corrected chi connectivity index (χ0v) is 14.5. The van der Waals surface area contributed by atoms with Gasteiger partial charge in [0.1, 0.15) is 0 Å². The summed E-state index contributed by atoms with van der Waals surface area (Å²) < 4.78 is 0. The van der Waals surface area contributed by atoms with Crippen molar-refractivity contribution in [3.05, 3.63) is 21.9 Å². The lowest BCUT2D eigenvalue weighted by Gasteiger charge is -2.46. The maximum atomic E-state index is 3.94. The summed E-state index contributed by atoms with van der Waals surface area (Å²) in [5.74, 6) is 0. The zero-order chi connectivity index (χ0) is 14.7. The van der Waals surface area contributed by atoms with Gasteiger partial charge in [0, 0.05) is 10.4 Å². The molecule has 3 rings (SSSR count). The lowest BCUT2D eigenvalue weighted by Crippen LogP contribution is -2.54. The zero-order valence-electron chi connectivity index (χ0n) is 13.7. The minimum atomic E-state index is 0.386. The molecule has 1 aromatic rings. The van der Waals surface area contributed by atoms with Crippen LogP contribution >= 0.6 is 11.3 Å². The van der Waals surface area contributed by atoms with Crippen LogP contribution in [0, 0.1) is 6.92 Å². The summed E-state index contributed by atoms with van der Waals surface area (Å²) in [6.07, 6.45) is 9.58. The molecule has 3 heteroatoms. The summed E-state index contributed by atoms with van der Waals surface area (Å²) in [6.45, 7) is 8.34. The molecule has 2 fully saturated rings. The minimum Gasteiger partial charge on any atom is -0.308 e. The average Bonchev–Trinajstić information content (AvgIpc) is 3.20. The van der Waals surface area contributed by atoms with E-state index in [4.69, 9.17) is 0 Å². The van der Waals surface area contributed by atoms with Gasteiger partial charge in [-0.1, -0.05) is 19.8 Å². The smallest absolute Gasteiger partial charge is 0.0518 e. The van der Waals surface area contributed by atoms with Gasteiger partial charge in [0.2, 0.25) is 0 Å². The highest BCUT2D eigenvalue weighted by molar-refractivity contribution is 7.10. The van der Waals surface area contributed by atoms with Gasteiger partial charge in [-0.05, 0) is 75.7 Å². The van der Waals surface area contributed by atoms with Crippen LogP contribution in [0.4, 0.5) is 0 Å². The van der Waals surface area contributed by atoms with Gasteiger partial charge in [-0.25, -0.2) is 0 Å². The summed E-state index contributed by atoms with van der Waals surface area (Å²) >= 11 is 1.91. The van der Waals surface area contributed by atoms with Gasteiger partial charge in [-0.3, -0.25) is 4.90 Å². The van der Waals surface area contributed by atoms with E-state index < -0.39 is 0 Å². The van der Waals surface area contributed by atoms with Crippen molar-refractivity contribution in [1.82, 2.24) is 10.2 Å². The maximum Gasteiger partial charge on any atom is 0.0518 e. The maximum absolute atomic E-state index is 3.94. The first-order chi connectivity index (χ1) is 10.3. The van der Waals surface area contributed by atoms with Crippen molar-refractivity contribution in [1.29, 1.82) is 0 Å². The second kappa shape index (κ2) is 6.80. The molecule has 1 N–H and O–H groups in total. The van der Waals surface area contributed by atoms with Gasteiger partial charge in [0.25, 0.3) is 0 Å². The third kappa shape index (κ3) is 2.93. The van der Waals surface area contributed by atoms with Crippen LogP contribution in [-0.2, 0) is 0 Å². The Morgan fingerprint density at radius 2 is 1.95 bits per heavy atom. The molecule has 21 heavy (non-hydrogen) atoms. The number of hydrogen-bond acceptors (Lipinski definition) is 3. The van der Waals surface area contributed by atoms with E-state index >= 15 is 0 Å².